The average molecular weight is 275 g/mol. The van der Waals surface area contributed by atoms with Crippen molar-refractivity contribution >= 4 is 8.56 Å². The molecule has 0 amide bonds. The summed E-state index contributed by atoms with van der Waals surface area (Å²) in [6.07, 6.45) is 2.68. The number of aliphatic hydroxyl groups is 1. The lowest BCUT2D eigenvalue weighted by atomic mass is 10.1. The molecule has 1 fully saturated rings. The van der Waals surface area contributed by atoms with Gasteiger partial charge in [-0.2, -0.15) is 0 Å². The first-order valence-corrected chi connectivity index (χ1v) is 9.66. The van der Waals surface area contributed by atoms with Gasteiger partial charge in [0.25, 0.3) is 0 Å². The van der Waals surface area contributed by atoms with Crippen LogP contribution in [0.15, 0.2) is 0 Å². The number of nitrogens with zero attached hydrogens (tertiary/aromatic N) is 1. The molecule has 0 radical (unpaired) electrons. The van der Waals surface area contributed by atoms with Gasteiger partial charge in [-0.15, -0.1) is 0 Å². The predicted molar refractivity (Wildman–Crippen MR) is 75.8 cm³/mol. The molecule has 5 heteroatoms. The highest BCUT2D eigenvalue weighted by molar-refractivity contribution is 6.67. The zero-order valence-electron chi connectivity index (χ0n) is 12.3. The fourth-order valence-electron chi connectivity index (χ4n) is 2.97. The lowest BCUT2D eigenvalue weighted by molar-refractivity contribution is 0.0566. The van der Waals surface area contributed by atoms with E-state index < -0.39 is 8.56 Å². The molecule has 1 unspecified atom stereocenters. The van der Waals surface area contributed by atoms with Gasteiger partial charge in [0.05, 0.1) is 11.8 Å². The molecule has 0 aromatic heterocycles. The number of piperidine rings is 1. The van der Waals surface area contributed by atoms with Gasteiger partial charge in [0, 0.05) is 26.3 Å². The normalized spacial score (nSPS) is 21.2. The van der Waals surface area contributed by atoms with Gasteiger partial charge >= 0.3 is 8.56 Å². The standard InChI is InChI=1S/C13H29NO3Si/c1-5-13(14-10-8-12(15)9-11-14)18(4,16-6-2)17-7-3/h12-13,15H,5-11H2,1-4H3. The van der Waals surface area contributed by atoms with Crippen LogP contribution in [0.5, 0.6) is 0 Å². The van der Waals surface area contributed by atoms with Crippen molar-refractivity contribution in [3.8, 4) is 0 Å². The van der Waals surface area contributed by atoms with Crippen molar-refractivity contribution in [2.75, 3.05) is 26.3 Å². The Morgan fingerprint density at radius 2 is 1.67 bits per heavy atom. The van der Waals surface area contributed by atoms with Crippen molar-refractivity contribution in [1.29, 1.82) is 0 Å². The molecule has 0 bridgehead atoms. The highest BCUT2D eigenvalue weighted by Crippen LogP contribution is 2.24. The highest BCUT2D eigenvalue weighted by atomic mass is 28.4. The second kappa shape index (κ2) is 7.60. The molecule has 1 heterocycles. The van der Waals surface area contributed by atoms with Crippen molar-refractivity contribution in [1.82, 2.24) is 4.90 Å². The van der Waals surface area contributed by atoms with E-state index in [1.165, 1.54) is 0 Å². The van der Waals surface area contributed by atoms with E-state index in [9.17, 15) is 5.11 Å². The summed E-state index contributed by atoms with van der Waals surface area (Å²) in [5.41, 5.74) is 0.393. The first-order chi connectivity index (χ1) is 8.57. The van der Waals surface area contributed by atoms with Gasteiger partial charge in [-0.3, -0.25) is 4.90 Å². The minimum Gasteiger partial charge on any atom is -0.394 e. The molecule has 0 aliphatic carbocycles. The molecular weight excluding hydrogens is 246 g/mol. The van der Waals surface area contributed by atoms with E-state index in [0.29, 0.717) is 5.67 Å². The number of likely N-dealkylation sites (tertiary alicyclic amines) is 1. The largest absolute Gasteiger partial charge is 0.394 e. The maximum atomic E-state index is 9.61. The van der Waals surface area contributed by atoms with Crippen LogP contribution in [0.1, 0.15) is 40.0 Å². The molecular formula is C13H29NO3Si. The average Bonchev–Trinajstić information content (AvgIpc) is 2.33. The van der Waals surface area contributed by atoms with E-state index in [1.807, 2.05) is 13.8 Å². The Morgan fingerprint density at radius 1 is 1.17 bits per heavy atom. The molecule has 108 valence electrons. The maximum absolute atomic E-state index is 9.61. The lowest BCUT2D eigenvalue weighted by Gasteiger charge is -2.43. The van der Waals surface area contributed by atoms with Crippen LogP contribution in [0, 0.1) is 0 Å². The zero-order chi connectivity index (χ0) is 13.6. The molecule has 1 saturated heterocycles. The molecule has 0 aromatic rings. The molecule has 4 nitrogen and oxygen atoms in total. The van der Waals surface area contributed by atoms with Gasteiger partial charge in [-0.05, 0) is 39.7 Å². The van der Waals surface area contributed by atoms with Gasteiger partial charge in [0.2, 0.25) is 0 Å². The molecule has 1 aliphatic rings. The summed E-state index contributed by atoms with van der Waals surface area (Å²) < 4.78 is 12.0. The maximum Gasteiger partial charge on any atom is 0.352 e. The highest BCUT2D eigenvalue weighted by Gasteiger charge is 2.43. The van der Waals surface area contributed by atoms with Gasteiger partial charge in [-0.25, -0.2) is 0 Å². The molecule has 0 aromatic carbocycles. The first kappa shape index (κ1) is 16.1. The van der Waals surface area contributed by atoms with Crippen LogP contribution in [0.3, 0.4) is 0 Å². The van der Waals surface area contributed by atoms with Crippen molar-refractivity contribution in [2.24, 2.45) is 0 Å². The molecule has 1 rings (SSSR count). The molecule has 0 saturated carbocycles. The van der Waals surface area contributed by atoms with Crippen LogP contribution in [-0.2, 0) is 8.85 Å². The monoisotopic (exact) mass is 275 g/mol. The first-order valence-electron chi connectivity index (χ1n) is 7.27. The van der Waals surface area contributed by atoms with Crippen LogP contribution in [0.2, 0.25) is 6.55 Å². The number of rotatable bonds is 7. The van der Waals surface area contributed by atoms with Crippen molar-refractivity contribution in [3.63, 3.8) is 0 Å². The summed E-state index contributed by atoms with van der Waals surface area (Å²) in [5.74, 6) is 0. The van der Waals surface area contributed by atoms with Crippen LogP contribution < -0.4 is 0 Å². The van der Waals surface area contributed by atoms with Crippen LogP contribution >= 0.6 is 0 Å². The van der Waals surface area contributed by atoms with Crippen LogP contribution in [0.25, 0.3) is 0 Å². The number of aliphatic hydroxyl groups excluding tert-OH is 1. The molecule has 1 N–H and O–H groups in total. The van der Waals surface area contributed by atoms with Crippen molar-refractivity contribution in [3.05, 3.63) is 0 Å². The Morgan fingerprint density at radius 3 is 2.06 bits per heavy atom. The van der Waals surface area contributed by atoms with Gasteiger partial charge in [0.15, 0.2) is 0 Å². The van der Waals surface area contributed by atoms with E-state index in [2.05, 4.69) is 18.4 Å². The predicted octanol–water partition coefficient (Wildman–Crippen LogP) is 1.91. The van der Waals surface area contributed by atoms with Crippen LogP contribution in [0.4, 0.5) is 0 Å². The Bertz CT molecular complexity index is 226. The van der Waals surface area contributed by atoms with Crippen LogP contribution in [-0.4, -0.2) is 56.6 Å². The van der Waals surface area contributed by atoms with E-state index in [4.69, 9.17) is 8.85 Å². The molecule has 18 heavy (non-hydrogen) atoms. The van der Waals surface area contributed by atoms with Crippen molar-refractivity contribution in [2.45, 2.75) is 58.3 Å². The van der Waals surface area contributed by atoms with E-state index in [-0.39, 0.29) is 6.10 Å². The summed E-state index contributed by atoms with van der Waals surface area (Å²) in [4.78, 5) is 2.46. The second-order valence-corrected chi connectivity index (χ2v) is 8.35. The minimum absolute atomic E-state index is 0.120. The number of hydrogen-bond donors (Lipinski definition) is 1. The SMILES string of the molecule is CCO[Si](C)(OCC)C(CC)N1CCC(O)CC1. The quantitative estimate of drug-likeness (QED) is 0.721. The van der Waals surface area contributed by atoms with Gasteiger partial charge in [0.1, 0.15) is 0 Å². The topological polar surface area (TPSA) is 41.9 Å². The van der Waals surface area contributed by atoms with E-state index >= 15 is 0 Å². The summed E-state index contributed by atoms with van der Waals surface area (Å²) in [5, 5.41) is 9.61. The summed E-state index contributed by atoms with van der Waals surface area (Å²) in [7, 11) is -2.14. The smallest absolute Gasteiger partial charge is 0.352 e. The third kappa shape index (κ3) is 4.03. The Hall–Kier alpha value is 0.0569. The Labute approximate surface area is 113 Å². The summed E-state index contributed by atoms with van der Waals surface area (Å²) >= 11 is 0. The summed E-state index contributed by atoms with van der Waals surface area (Å²) in [6.45, 7) is 11.8. The Kier molecular flexibility index (Phi) is 6.80. The van der Waals surface area contributed by atoms with Crippen molar-refractivity contribution < 1.29 is 14.0 Å². The Balaban J connectivity index is 2.71. The molecule has 1 atom stereocenters. The zero-order valence-corrected chi connectivity index (χ0v) is 13.3. The lowest BCUT2D eigenvalue weighted by Crippen LogP contribution is -2.60. The minimum atomic E-state index is -2.14. The van der Waals surface area contributed by atoms with E-state index in [1.54, 1.807) is 0 Å². The fourth-order valence-corrected chi connectivity index (χ4v) is 6.24. The second-order valence-electron chi connectivity index (χ2n) is 5.07. The molecule has 0 spiro atoms. The third-order valence-corrected chi connectivity index (χ3v) is 7.50. The fraction of sp³-hybridized carbons (Fsp3) is 1.00. The molecule has 1 aliphatic heterocycles. The van der Waals surface area contributed by atoms with Gasteiger partial charge < -0.3 is 14.0 Å². The summed E-state index contributed by atoms with van der Waals surface area (Å²) in [6, 6.07) is 0. The third-order valence-electron chi connectivity index (χ3n) is 3.79. The van der Waals surface area contributed by atoms with Gasteiger partial charge in [-0.1, -0.05) is 6.92 Å². The van der Waals surface area contributed by atoms with E-state index in [0.717, 1.165) is 45.6 Å². The number of hydrogen-bond acceptors (Lipinski definition) is 4.